The van der Waals surface area contributed by atoms with Crippen molar-refractivity contribution in [1.29, 1.82) is 0 Å². The summed E-state index contributed by atoms with van der Waals surface area (Å²) in [6.45, 7) is 3.95. The van der Waals surface area contributed by atoms with E-state index in [2.05, 4.69) is 15.0 Å². The number of nitrogens with two attached hydrogens (primary N) is 1. The maximum Gasteiger partial charge on any atom is 0.332 e. The van der Waals surface area contributed by atoms with Gasteiger partial charge in [-0.25, -0.2) is 23.7 Å². The molecule has 3 aromatic rings. The molecule has 3 rings (SSSR count). The van der Waals surface area contributed by atoms with E-state index in [1.807, 2.05) is 13.8 Å². The highest BCUT2D eigenvalue weighted by Crippen LogP contribution is 2.23. The lowest BCUT2D eigenvalue weighted by Gasteiger charge is -2.11. The van der Waals surface area contributed by atoms with Gasteiger partial charge < -0.3 is 10.7 Å². The third-order valence-corrected chi connectivity index (χ3v) is 4.04. The quantitative estimate of drug-likeness (QED) is 0.741. The molecule has 0 unspecified atom stereocenters. The highest BCUT2D eigenvalue weighted by atomic mass is 19.1. The van der Waals surface area contributed by atoms with Crippen LogP contribution in [0, 0.1) is 5.82 Å². The first kappa shape index (κ1) is 16.8. The van der Waals surface area contributed by atoms with Crippen LogP contribution in [0.2, 0.25) is 0 Å². The summed E-state index contributed by atoms with van der Waals surface area (Å²) in [5.41, 5.74) is 5.01. The summed E-state index contributed by atoms with van der Waals surface area (Å²) in [7, 11) is 0. The maximum atomic E-state index is 14.2. The Labute approximate surface area is 142 Å². The van der Waals surface area contributed by atoms with Gasteiger partial charge in [0.05, 0.1) is 5.69 Å². The van der Waals surface area contributed by atoms with Gasteiger partial charge in [0.15, 0.2) is 11.3 Å². The van der Waals surface area contributed by atoms with Crippen LogP contribution >= 0.6 is 0 Å². The number of fused-ring (bicyclic) bond motifs is 1. The van der Waals surface area contributed by atoms with E-state index >= 15 is 0 Å². The fourth-order valence-corrected chi connectivity index (χ4v) is 2.82. The SMILES string of the molecule is CCC[C@@H](C)c1nc(C(N)=O)c2[nH]c(=O)n(-c3ccccc3F)c2n1. The number of aromatic amines is 1. The lowest BCUT2D eigenvalue weighted by atomic mass is 10.1. The number of amides is 1. The molecule has 1 aromatic carbocycles. The van der Waals surface area contributed by atoms with Crippen molar-refractivity contribution in [2.75, 3.05) is 0 Å². The summed E-state index contributed by atoms with van der Waals surface area (Å²) in [6, 6.07) is 5.85. The molecule has 0 spiro atoms. The molecule has 25 heavy (non-hydrogen) atoms. The zero-order valence-electron chi connectivity index (χ0n) is 13.9. The van der Waals surface area contributed by atoms with E-state index in [0.29, 0.717) is 5.82 Å². The fraction of sp³-hybridized carbons (Fsp3) is 0.294. The fourth-order valence-electron chi connectivity index (χ4n) is 2.82. The number of hydrogen-bond donors (Lipinski definition) is 2. The molecule has 0 bridgehead atoms. The minimum absolute atomic E-state index is 0.0356. The van der Waals surface area contributed by atoms with Gasteiger partial charge in [-0.05, 0) is 18.6 Å². The first-order valence-electron chi connectivity index (χ1n) is 8.01. The third kappa shape index (κ3) is 2.90. The molecule has 0 saturated heterocycles. The second-order valence-electron chi connectivity index (χ2n) is 5.90. The van der Waals surface area contributed by atoms with Crippen molar-refractivity contribution in [2.24, 2.45) is 5.73 Å². The molecule has 2 aromatic heterocycles. The number of carbonyl (C=O) groups is 1. The first-order valence-corrected chi connectivity index (χ1v) is 8.01. The Balaban J connectivity index is 2.36. The number of hydrogen-bond acceptors (Lipinski definition) is 4. The molecule has 7 nitrogen and oxygen atoms in total. The van der Waals surface area contributed by atoms with Crippen molar-refractivity contribution in [3.8, 4) is 5.69 Å². The van der Waals surface area contributed by atoms with Crippen LogP contribution in [0.25, 0.3) is 16.9 Å². The predicted octanol–water partition coefficient (Wildman–Crippen LogP) is 2.25. The summed E-state index contributed by atoms with van der Waals surface area (Å²) in [4.78, 5) is 35.4. The minimum atomic E-state index is -0.778. The second-order valence-corrected chi connectivity index (χ2v) is 5.90. The van der Waals surface area contributed by atoms with Crippen molar-refractivity contribution < 1.29 is 9.18 Å². The summed E-state index contributed by atoms with van der Waals surface area (Å²) in [6.07, 6.45) is 1.71. The maximum absolute atomic E-state index is 14.2. The van der Waals surface area contributed by atoms with Crippen LogP contribution in [0.15, 0.2) is 29.1 Å². The molecular formula is C17H18FN5O2. The van der Waals surface area contributed by atoms with E-state index in [1.165, 1.54) is 18.2 Å². The van der Waals surface area contributed by atoms with E-state index in [-0.39, 0.29) is 28.5 Å². The molecule has 3 N–H and O–H groups in total. The Kier molecular flexibility index (Phi) is 4.35. The number of halogens is 1. The first-order chi connectivity index (χ1) is 11.9. The molecule has 1 amide bonds. The smallest absolute Gasteiger partial charge is 0.332 e. The number of imidazole rings is 1. The predicted molar refractivity (Wildman–Crippen MR) is 91.3 cm³/mol. The molecule has 0 aliphatic heterocycles. The third-order valence-electron chi connectivity index (χ3n) is 4.04. The van der Waals surface area contributed by atoms with Crippen LogP contribution < -0.4 is 11.4 Å². The number of nitrogens with one attached hydrogen (secondary N) is 1. The summed E-state index contributed by atoms with van der Waals surface area (Å²) >= 11 is 0. The average Bonchev–Trinajstić information content (AvgIpc) is 2.90. The molecule has 8 heteroatoms. The van der Waals surface area contributed by atoms with E-state index in [1.54, 1.807) is 6.07 Å². The van der Waals surface area contributed by atoms with Gasteiger partial charge in [-0.15, -0.1) is 0 Å². The number of para-hydroxylation sites is 1. The van der Waals surface area contributed by atoms with E-state index in [0.717, 1.165) is 17.4 Å². The van der Waals surface area contributed by atoms with Crippen LogP contribution in [-0.2, 0) is 0 Å². The van der Waals surface area contributed by atoms with Crippen LogP contribution in [0.5, 0.6) is 0 Å². The van der Waals surface area contributed by atoms with Gasteiger partial charge in [-0.1, -0.05) is 32.4 Å². The standard InChI is InChI=1S/C17H18FN5O2/c1-3-6-9(2)15-20-12(14(19)24)13-16(22-15)23(17(25)21-13)11-8-5-4-7-10(11)18/h4-5,7-9H,3,6H2,1-2H3,(H2,19,24)(H,21,25)/t9-/m1/s1. The number of aromatic nitrogens is 4. The summed E-state index contributed by atoms with van der Waals surface area (Å²) in [5.74, 6) is -0.994. The molecule has 0 saturated carbocycles. The number of benzene rings is 1. The Bertz CT molecular complexity index is 1010. The largest absolute Gasteiger partial charge is 0.364 e. The molecule has 0 fully saturated rings. The van der Waals surface area contributed by atoms with Gasteiger partial charge in [0.2, 0.25) is 0 Å². The van der Waals surface area contributed by atoms with Gasteiger partial charge in [0.1, 0.15) is 17.2 Å². The number of primary amides is 1. The summed E-state index contributed by atoms with van der Waals surface area (Å²) in [5, 5.41) is 0. The molecule has 2 heterocycles. The van der Waals surface area contributed by atoms with E-state index in [9.17, 15) is 14.0 Å². The molecule has 0 radical (unpaired) electrons. The van der Waals surface area contributed by atoms with E-state index in [4.69, 9.17) is 5.73 Å². The zero-order valence-corrected chi connectivity index (χ0v) is 13.9. The molecule has 130 valence electrons. The monoisotopic (exact) mass is 343 g/mol. The van der Waals surface area contributed by atoms with Crippen LogP contribution in [0.3, 0.4) is 0 Å². The number of carbonyl (C=O) groups excluding carboxylic acids is 1. The van der Waals surface area contributed by atoms with E-state index < -0.39 is 17.4 Å². The van der Waals surface area contributed by atoms with Crippen molar-refractivity contribution in [2.45, 2.75) is 32.6 Å². The highest BCUT2D eigenvalue weighted by Gasteiger charge is 2.22. The van der Waals surface area contributed by atoms with Gasteiger partial charge in [0.25, 0.3) is 5.91 Å². The number of rotatable bonds is 5. The number of H-pyrrole nitrogens is 1. The second kappa shape index (κ2) is 6.46. The van der Waals surface area contributed by atoms with Crippen LogP contribution in [0.4, 0.5) is 4.39 Å². The average molecular weight is 343 g/mol. The van der Waals surface area contributed by atoms with Gasteiger partial charge in [-0.2, -0.15) is 0 Å². The van der Waals surface area contributed by atoms with Crippen molar-refractivity contribution >= 4 is 17.1 Å². The molecular weight excluding hydrogens is 325 g/mol. The minimum Gasteiger partial charge on any atom is -0.364 e. The van der Waals surface area contributed by atoms with Gasteiger partial charge in [0, 0.05) is 5.92 Å². The molecule has 0 aliphatic carbocycles. The zero-order chi connectivity index (χ0) is 18.1. The molecule has 0 aliphatic rings. The molecule has 1 atom stereocenters. The highest BCUT2D eigenvalue weighted by molar-refractivity contribution is 6.01. The van der Waals surface area contributed by atoms with Gasteiger partial charge >= 0.3 is 5.69 Å². The summed E-state index contributed by atoms with van der Waals surface area (Å²) < 4.78 is 15.3. The normalized spacial score (nSPS) is 12.4. The van der Waals surface area contributed by atoms with Crippen molar-refractivity contribution in [3.05, 3.63) is 52.1 Å². The Morgan fingerprint density at radius 1 is 1.36 bits per heavy atom. The van der Waals surface area contributed by atoms with Crippen molar-refractivity contribution in [3.63, 3.8) is 0 Å². The van der Waals surface area contributed by atoms with Crippen LogP contribution in [0.1, 0.15) is 48.9 Å². The van der Waals surface area contributed by atoms with Crippen LogP contribution in [-0.4, -0.2) is 25.4 Å². The lowest BCUT2D eigenvalue weighted by Crippen LogP contribution is -2.17. The Morgan fingerprint density at radius 3 is 2.72 bits per heavy atom. The number of nitrogens with zero attached hydrogens (tertiary/aromatic N) is 3. The lowest BCUT2D eigenvalue weighted by molar-refractivity contribution is 0.0996. The Hall–Kier alpha value is -3.03. The van der Waals surface area contributed by atoms with Gasteiger partial charge in [-0.3, -0.25) is 4.79 Å². The van der Waals surface area contributed by atoms with Crippen molar-refractivity contribution in [1.82, 2.24) is 19.5 Å². The topological polar surface area (TPSA) is 107 Å². The Morgan fingerprint density at radius 2 is 2.08 bits per heavy atom.